The molecule has 2 rings (SSSR count). The fourth-order valence-corrected chi connectivity index (χ4v) is 2.96. The smallest absolute Gasteiger partial charge is 0.239 e. The summed E-state index contributed by atoms with van der Waals surface area (Å²) >= 11 is 0. The van der Waals surface area contributed by atoms with Gasteiger partial charge in [0, 0.05) is 19.1 Å². The monoisotopic (exact) mass is 253 g/mol. The molecule has 0 aromatic heterocycles. The first kappa shape index (κ1) is 13.8. The molecule has 0 bridgehead atoms. The molecule has 4 nitrogen and oxygen atoms in total. The molecule has 2 N–H and O–H groups in total. The third-order valence-electron chi connectivity index (χ3n) is 4.57. The van der Waals surface area contributed by atoms with Crippen LogP contribution in [0.4, 0.5) is 0 Å². The number of hydrogen-bond acceptors (Lipinski definition) is 3. The number of carbonyl (C=O) groups is 1. The number of amides is 1. The molecule has 1 amide bonds. The van der Waals surface area contributed by atoms with Crippen LogP contribution in [0.5, 0.6) is 0 Å². The zero-order valence-electron chi connectivity index (χ0n) is 11.8. The molecule has 2 aliphatic heterocycles. The van der Waals surface area contributed by atoms with E-state index in [1.807, 2.05) is 4.90 Å². The topological polar surface area (TPSA) is 49.6 Å². The van der Waals surface area contributed by atoms with E-state index in [1.165, 1.54) is 12.8 Å². The average molecular weight is 253 g/mol. The quantitative estimate of drug-likeness (QED) is 0.800. The van der Waals surface area contributed by atoms with Crippen LogP contribution in [-0.2, 0) is 4.79 Å². The van der Waals surface area contributed by atoms with Crippen molar-refractivity contribution >= 4 is 5.91 Å². The van der Waals surface area contributed by atoms with Gasteiger partial charge in [-0.05, 0) is 51.6 Å². The highest BCUT2D eigenvalue weighted by atomic mass is 16.2. The Hall–Kier alpha value is -0.610. The van der Waals surface area contributed by atoms with Gasteiger partial charge in [-0.1, -0.05) is 6.92 Å². The number of nitrogens with zero attached hydrogens (tertiary/aromatic N) is 2. The Morgan fingerprint density at radius 1 is 1.11 bits per heavy atom. The number of likely N-dealkylation sites (tertiary alicyclic amines) is 2. The summed E-state index contributed by atoms with van der Waals surface area (Å²) in [5.41, 5.74) is 5.88. The van der Waals surface area contributed by atoms with Crippen LogP contribution in [0.15, 0.2) is 0 Å². The van der Waals surface area contributed by atoms with Gasteiger partial charge in [-0.15, -0.1) is 0 Å². The van der Waals surface area contributed by atoms with Gasteiger partial charge in [-0.25, -0.2) is 0 Å². The maximum Gasteiger partial charge on any atom is 0.239 e. The predicted octanol–water partition coefficient (Wildman–Crippen LogP) is 1.06. The summed E-state index contributed by atoms with van der Waals surface area (Å²) in [5, 5.41) is 0. The van der Waals surface area contributed by atoms with Crippen molar-refractivity contribution < 1.29 is 4.79 Å². The lowest BCUT2D eigenvalue weighted by Crippen LogP contribution is -2.52. The zero-order chi connectivity index (χ0) is 13.1. The third kappa shape index (κ3) is 3.23. The number of piperidine rings is 2. The Kier molecular flexibility index (Phi) is 4.62. The number of rotatable bonds is 2. The van der Waals surface area contributed by atoms with Gasteiger partial charge in [-0.3, -0.25) is 9.69 Å². The van der Waals surface area contributed by atoms with Crippen LogP contribution in [0.25, 0.3) is 0 Å². The Bertz CT molecular complexity index is 279. The van der Waals surface area contributed by atoms with Crippen molar-refractivity contribution in [3.8, 4) is 0 Å². The van der Waals surface area contributed by atoms with Crippen LogP contribution in [0, 0.1) is 5.92 Å². The minimum absolute atomic E-state index is 0.0480. The molecule has 2 fully saturated rings. The molecule has 18 heavy (non-hydrogen) atoms. The molecule has 0 radical (unpaired) electrons. The lowest BCUT2D eigenvalue weighted by atomic mass is 9.97. The Balaban J connectivity index is 1.84. The summed E-state index contributed by atoms with van der Waals surface area (Å²) < 4.78 is 0. The Labute approximate surface area is 110 Å². The lowest BCUT2D eigenvalue weighted by Gasteiger charge is -2.38. The van der Waals surface area contributed by atoms with Crippen LogP contribution in [-0.4, -0.2) is 54.0 Å². The van der Waals surface area contributed by atoms with Gasteiger partial charge in [0.15, 0.2) is 0 Å². The van der Waals surface area contributed by atoms with E-state index in [2.05, 4.69) is 18.7 Å². The SMILES string of the molecule is CC1CCN(C(C)C(=O)N2CCC(N)CC2)CC1. The third-order valence-corrected chi connectivity index (χ3v) is 4.57. The van der Waals surface area contributed by atoms with Crippen molar-refractivity contribution in [1.29, 1.82) is 0 Å². The van der Waals surface area contributed by atoms with E-state index in [0.29, 0.717) is 11.9 Å². The van der Waals surface area contributed by atoms with E-state index >= 15 is 0 Å². The molecule has 0 saturated carbocycles. The highest BCUT2D eigenvalue weighted by Gasteiger charge is 2.29. The van der Waals surface area contributed by atoms with Gasteiger partial charge in [0.05, 0.1) is 6.04 Å². The maximum absolute atomic E-state index is 12.4. The molecule has 2 aliphatic rings. The molecule has 1 unspecified atom stereocenters. The van der Waals surface area contributed by atoms with Gasteiger partial charge in [0.25, 0.3) is 0 Å². The number of carbonyl (C=O) groups excluding carboxylic acids is 1. The molecule has 4 heteroatoms. The van der Waals surface area contributed by atoms with Crippen molar-refractivity contribution in [2.24, 2.45) is 11.7 Å². The molecule has 0 aliphatic carbocycles. The van der Waals surface area contributed by atoms with Gasteiger partial charge in [0.2, 0.25) is 5.91 Å². The summed E-state index contributed by atoms with van der Waals surface area (Å²) in [6, 6.07) is 0.340. The van der Waals surface area contributed by atoms with E-state index in [4.69, 9.17) is 5.73 Å². The van der Waals surface area contributed by atoms with Gasteiger partial charge >= 0.3 is 0 Å². The number of nitrogens with two attached hydrogens (primary N) is 1. The maximum atomic E-state index is 12.4. The Morgan fingerprint density at radius 2 is 1.67 bits per heavy atom. The molecule has 2 saturated heterocycles. The molecular weight excluding hydrogens is 226 g/mol. The van der Waals surface area contributed by atoms with Crippen LogP contribution in [0.1, 0.15) is 39.5 Å². The van der Waals surface area contributed by atoms with Gasteiger partial charge in [-0.2, -0.15) is 0 Å². The van der Waals surface area contributed by atoms with Crippen molar-refractivity contribution in [3.63, 3.8) is 0 Å². The van der Waals surface area contributed by atoms with Crippen molar-refractivity contribution in [2.45, 2.75) is 51.6 Å². The summed E-state index contributed by atoms with van der Waals surface area (Å²) in [4.78, 5) is 16.8. The van der Waals surface area contributed by atoms with Gasteiger partial charge in [0.1, 0.15) is 0 Å². The highest BCUT2D eigenvalue weighted by Crippen LogP contribution is 2.19. The standard InChI is InChI=1S/C14H27N3O/c1-11-3-7-16(8-4-11)12(2)14(18)17-9-5-13(15)6-10-17/h11-13H,3-10,15H2,1-2H3. The summed E-state index contributed by atoms with van der Waals surface area (Å²) in [5.74, 6) is 1.12. The molecule has 2 heterocycles. The predicted molar refractivity (Wildman–Crippen MR) is 73.2 cm³/mol. The second-order valence-electron chi connectivity index (χ2n) is 6.06. The van der Waals surface area contributed by atoms with Crippen LogP contribution in [0.2, 0.25) is 0 Å². The largest absolute Gasteiger partial charge is 0.341 e. The van der Waals surface area contributed by atoms with Crippen molar-refractivity contribution in [1.82, 2.24) is 9.80 Å². The van der Waals surface area contributed by atoms with Crippen molar-refractivity contribution in [2.75, 3.05) is 26.2 Å². The van der Waals surface area contributed by atoms with Crippen LogP contribution < -0.4 is 5.73 Å². The van der Waals surface area contributed by atoms with E-state index in [0.717, 1.165) is 44.9 Å². The second-order valence-corrected chi connectivity index (χ2v) is 6.06. The fourth-order valence-electron chi connectivity index (χ4n) is 2.96. The van der Waals surface area contributed by atoms with E-state index in [1.54, 1.807) is 0 Å². The van der Waals surface area contributed by atoms with Crippen molar-refractivity contribution in [3.05, 3.63) is 0 Å². The first-order chi connectivity index (χ1) is 8.58. The Morgan fingerprint density at radius 3 is 2.22 bits per heavy atom. The molecule has 0 spiro atoms. The first-order valence-electron chi connectivity index (χ1n) is 7.36. The summed E-state index contributed by atoms with van der Waals surface area (Å²) in [6.07, 6.45) is 4.36. The highest BCUT2D eigenvalue weighted by molar-refractivity contribution is 5.81. The summed E-state index contributed by atoms with van der Waals surface area (Å²) in [6.45, 7) is 8.19. The molecular formula is C14H27N3O. The molecule has 0 aromatic rings. The number of hydrogen-bond donors (Lipinski definition) is 1. The lowest BCUT2D eigenvalue weighted by molar-refractivity contribution is -0.138. The molecule has 0 aromatic carbocycles. The average Bonchev–Trinajstić information content (AvgIpc) is 2.39. The fraction of sp³-hybridized carbons (Fsp3) is 0.929. The first-order valence-corrected chi connectivity index (χ1v) is 7.36. The minimum Gasteiger partial charge on any atom is -0.341 e. The van der Waals surface area contributed by atoms with E-state index in [-0.39, 0.29) is 6.04 Å². The van der Waals surface area contributed by atoms with Gasteiger partial charge < -0.3 is 10.6 Å². The van der Waals surface area contributed by atoms with Crippen LogP contribution in [0.3, 0.4) is 0 Å². The summed E-state index contributed by atoms with van der Waals surface area (Å²) in [7, 11) is 0. The van der Waals surface area contributed by atoms with E-state index in [9.17, 15) is 4.79 Å². The molecule has 104 valence electrons. The molecule has 1 atom stereocenters. The normalized spacial score (nSPS) is 26.3. The van der Waals surface area contributed by atoms with Crippen LogP contribution >= 0.6 is 0 Å². The second kappa shape index (κ2) is 6.02. The minimum atomic E-state index is 0.0480. The van der Waals surface area contributed by atoms with E-state index < -0.39 is 0 Å². The zero-order valence-corrected chi connectivity index (χ0v) is 11.8.